The average molecular weight is 244 g/mol. The van der Waals surface area contributed by atoms with Crippen molar-refractivity contribution in [2.24, 2.45) is 12.8 Å². The minimum Gasteiger partial charge on any atom is -0.331 e. The van der Waals surface area contributed by atoms with E-state index in [-0.39, 0.29) is 11.6 Å². The highest BCUT2D eigenvalue weighted by molar-refractivity contribution is 5.56. The van der Waals surface area contributed by atoms with Crippen molar-refractivity contribution >= 4 is 0 Å². The fourth-order valence-corrected chi connectivity index (χ4v) is 2.58. The summed E-state index contributed by atoms with van der Waals surface area (Å²) in [6, 6.07) is 3.66. The minimum atomic E-state index is -0.106. The lowest BCUT2D eigenvalue weighted by Gasteiger charge is -2.17. The number of fused-ring (bicyclic) bond motifs is 1. The van der Waals surface area contributed by atoms with Gasteiger partial charge >= 0.3 is 0 Å². The molecule has 0 saturated carbocycles. The van der Waals surface area contributed by atoms with Crippen molar-refractivity contribution in [2.45, 2.75) is 25.3 Å². The van der Waals surface area contributed by atoms with Crippen LogP contribution in [0.5, 0.6) is 0 Å². The Morgan fingerprint density at radius 1 is 1.56 bits per heavy atom. The van der Waals surface area contributed by atoms with Crippen molar-refractivity contribution in [3.8, 4) is 11.4 Å². The van der Waals surface area contributed by atoms with Crippen LogP contribution in [0.4, 0.5) is 0 Å². The Labute approximate surface area is 105 Å². The molecule has 1 atom stereocenters. The van der Waals surface area contributed by atoms with Crippen LogP contribution in [0, 0.1) is 0 Å². The fourth-order valence-electron chi connectivity index (χ4n) is 2.58. The SMILES string of the molecule is Cn1c(-c2cc[nH]c(=O)c2)nc2c1CCC(N)C2. The molecule has 0 radical (unpaired) electrons. The van der Waals surface area contributed by atoms with Gasteiger partial charge in [0.15, 0.2) is 0 Å². The number of nitrogens with zero attached hydrogens (tertiary/aromatic N) is 2. The van der Waals surface area contributed by atoms with Crippen molar-refractivity contribution in [3.63, 3.8) is 0 Å². The van der Waals surface area contributed by atoms with Gasteiger partial charge in [-0.1, -0.05) is 0 Å². The van der Waals surface area contributed by atoms with Gasteiger partial charge < -0.3 is 15.3 Å². The number of H-pyrrole nitrogens is 1. The highest BCUT2D eigenvalue weighted by Crippen LogP contribution is 2.25. The first-order valence-electron chi connectivity index (χ1n) is 6.14. The van der Waals surface area contributed by atoms with E-state index in [1.165, 1.54) is 5.69 Å². The predicted molar refractivity (Wildman–Crippen MR) is 69.3 cm³/mol. The van der Waals surface area contributed by atoms with Gasteiger partial charge in [0.05, 0.1) is 5.69 Å². The number of nitrogens with one attached hydrogen (secondary N) is 1. The van der Waals surface area contributed by atoms with Crippen molar-refractivity contribution in [1.82, 2.24) is 14.5 Å². The van der Waals surface area contributed by atoms with Crippen LogP contribution in [0.15, 0.2) is 23.1 Å². The molecule has 1 aliphatic rings. The summed E-state index contributed by atoms with van der Waals surface area (Å²) >= 11 is 0. The molecule has 2 heterocycles. The molecule has 18 heavy (non-hydrogen) atoms. The summed E-state index contributed by atoms with van der Waals surface area (Å²) in [7, 11) is 2.00. The molecule has 1 unspecified atom stereocenters. The molecule has 0 saturated heterocycles. The fraction of sp³-hybridized carbons (Fsp3) is 0.385. The summed E-state index contributed by atoms with van der Waals surface area (Å²) in [5.74, 6) is 0.847. The van der Waals surface area contributed by atoms with Crippen molar-refractivity contribution < 1.29 is 0 Å². The topological polar surface area (TPSA) is 76.7 Å². The predicted octanol–water partition coefficient (Wildman–Crippen LogP) is 0.591. The Hall–Kier alpha value is -1.88. The van der Waals surface area contributed by atoms with Gasteiger partial charge in [0.25, 0.3) is 0 Å². The van der Waals surface area contributed by atoms with E-state index in [2.05, 4.69) is 14.5 Å². The number of aromatic nitrogens is 3. The third-order valence-electron chi connectivity index (χ3n) is 3.54. The monoisotopic (exact) mass is 244 g/mol. The molecule has 0 aliphatic heterocycles. The molecule has 1 aliphatic carbocycles. The van der Waals surface area contributed by atoms with Gasteiger partial charge in [-0.25, -0.2) is 4.98 Å². The Bertz CT molecular complexity index is 641. The Kier molecular flexibility index (Phi) is 2.56. The van der Waals surface area contributed by atoms with Crippen LogP contribution in [-0.2, 0) is 19.9 Å². The molecular formula is C13H16N4O. The maximum atomic E-state index is 11.4. The first-order valence-corrected chi connectivity index (χ1v) is 6.14. The molecule has 3 rings (SSSR count). The molecule has 0 bridgehead atoms. The highest BCUT2D eigenvalue weighted by Gasteiger charge is 2.22. The summed E-state index contributed by atoms with van der Waals surface area (Å²) in [5, 5.41) is 0. The van der Waals surface area contributed by atoms with Crippen molar-refractivity contribution in [1.29, 1.82) is 0 Å². The van der Waals surface area contributed by atoms with Gasteiger partial charge in [0.2, 0.25) is 5.56 Å². The lowest BCUT2D eigenvalue weighted by molar-refractivity contribution is 0.554. The molecule has 94 valence electrons. The summed E-state index contributed by atoms with van der Waals surface area (Å²) in [4.78, 5) is 18.6. The maximum Gasteiger partial charge on any atom is 0.248 e. The van der Waals surface area contributed by atoms with Crippen LogP contribution in [0.1, 0.15) is 17.8 Å². The smallest absolute Gasteiger partial charge is 0.248 e. The number of pyridine rings is 1. The number of hydrogen-bond donors (Lipinski definition) is 2. The average Bonchev–Trinajstić information content (AvgIpc) is 2.66. The molecule has 3 N–H and O–H groups in total. The summed E-state index contributed by atoms with van der Waals surface area (Å²) in [6.07, 6.45) is 4.44. The van der Waals surface area contributed by atoms with E-state index < -0.39 is 0 Å². The van der Waals surface area contributed by atoms with Gasteiger partial charge in [0.1, 0.15) is 5.82 Å². The van der Waals surface area contributed by atoms with Gasteiger partial charge in [-0.3, -0.25) is 4.79 Å². The van der Waals surface area contributed by atoms with Crippen LogP contribution in [0.25, 0.3) is 11.4 Å². The van der Waals surface area contributed by atoms with E-state index in [1.807, 2.05) is 13.1 Å². The van der Waals surface area contributed by atoms with E-state index in [9.17, 15) is 4.79 Å². The first kappa shape index (κ1) is 11.2. The van der Waals surface area contributed by atoms with Gasteiger partial charge in [0, 0.05) is 43.0 Å². The summed E-state index contributed by atoms with van der Waals surface area (Å²) < 4.78 is 2.08. The largest absolute Gasteiger partial charge is 0.331 e. The van der Waals surface area contributed by atoms with E-state index in [1.54, 1.807) is 12.3 Å². The zero-order chi connectivity index (χ0) is 12.7. The molecule has 2 aromatic heterocycles. The van der Waals surface area contributed by atoms with E-state index >= 15 is 0 Å². The summed E-state index contributed by atoms with van der Waals surface area (Å²) in [6.45, 7) is 0. The molecule has 0 aromatic carbocycles. The van der Waals surface area contributed by atoms with E-state index in [0.29, 0.717) is 0 Å². The van der Waals surface area contributed by atoms with E-state index in [0.717, 1.165) is 36.3 Å². The van der Waals surface area contributed by atoms with Crippen LogP contribution < -0.4 is 11.3 Å². The quantitative estimate of drug-likeness (QED) is 0.771. The standard InChI is InChI=1S/C13H16N4O/c1-17-11-3-2-9(14)7-10(11)16-13(17)8-4-5-15-12(18)6-8/h4-6,9H,2-3,7,14H2,1H3,(H,15,18). The Morgan fingerprint density at radius 3 is 3.17 bits per heavy atom. The second kappa shape index (κ2) is 4.10. The second-order valence-corrected chi connectivity index (χ2v) is 4.83. The van der Waals surface area contributed by atoms with E-state index in [4.69, 9.17) is 5.73 Å². The first-order chi connectivity index (χ1) is 8.65. The molecular weight excluding hydrogens is 228 g/mol. The molecule has 0 fully saturated rings. The molecule has 2 aromatic rings. The molecule has 5 nitrogen and oxygen atoms in total. The molecule has 0 amide bonds. The molecule has 0 spiro atoms. The minimum absolute atomic E-state index is 0.106. The Morgan fingerprint density at radius 2 is 2.39 bits per heavy atom. The Balaban J connectivity index is 2.11. The van der Waals surface area contributed by atoms with Crippen LogP contribution in [0.3, 0.4) is 0 Å². The third-order valence-corrected chi connectivity index (χ3v) is 3.54. The number of hydrogen-bond acceptors (Lipinski definition) is 3. The molecule has 5 heteroatoms. The van der Waals surface area contributed by atoms with Crippen LogP contribution in [0.2, 0.25) is 0 Å². The number of imidazole rings is 1. The van der Waals surface area contributed by atoms with Gasteiger partial charge in [-0.2, -0.15) is 0 Å². The van der Waals surface area contributed by atoms with Crippen molar-refractivity contribution in [3.05, 3.63) is 40.1 Å². The third kappa shape index (κ3) is 1.76. The van der Waals surface area contributed by atoms with Crippen LogP contribution in [-0.4, -0.2) is 20.6 Å². The zero-order valence-electron chi connectivity index (χ0n) is 10.3. The maximum absolute atomic E-state index is 11.4. The number of nitrogens with two attached hydrogens (primary N) is 1. The zero-order valence-corrected chi connectivity index (χ0v) is 10.3. The summed E-state index contributed by atoms with van der Waals surface area (Å²) in [5.41, 5.74) is 9.03. The van der Waals surface area contributed by atoms with Gasteiger partial charge in [-0.15, -0.1) is 0 Å². The number of aromatic amines is 1. The number of rotatable bonds is 1. The lowest BCUT2D eigenvalue weighted by atomic mass is 9.97. The lowest BCUT2D eigenvalue weighted by Crippen LogP contribution is -2.28. The van der Waals surface area contributed by atoms with Gasteiger partial charge in [-0.05, 0) is 18.9 Å². The second-order valence-electron chi connectivity index (χ2n) is 4.83. The normalized spacial score (nSPS) is 18.7. The van der Waals surface area contributed by atoms with Crippen LogP contribution >= 0.6 is 0 Å². The highest BCUT2D eigenvalue weighted by atomic mass is 16.1. The van der Waals surface area contributed by atoms with Crippen molar-refractivity contribution in [2.75, 3.05) is 0 Å².